The van der Waals surface area contributed by atoms with Crippen LogP contribution in [0.2, 0.25) is 0 Å². The number of carbonyl (C=O) groups excluding carboxylic acids is 1. The van der Waals surface area contributed by atoms with Gasteiger partial charge in [0.2, 0.25) is 5.88 Å². The fourth-order valence-electron chi connectivity index (χ4n) is 3.41. The van der Waals surface area contributed by atoms with E-state index >= 15 is 0 Å². The van der Waals surface area contributed by atoms with Gasteiger partial charge in [-0.3, -0.25) is 14.2 Å². The number of amides is 1. The number of aryl methyl sites for hydroxylation is 1. The van der Waals surface area contributed by atoms with E-state index in [9.17, 15) is 9.59 Å². The Balaban J connectivity index is 1.42. The number of morpholine rings is 1. The summed E-state index contributed by atoms with van der Waals surface area (Å²) in [6.07, 6.45) is 1.09. The molecule has 1 amide bonds. The van der Waals surface area contributed by atoms with Crippen molar-refractivity contribution in [1.82, 2.24) is 24.4 Å². The van der Waals surface area contributed by atoms with Crippen molar-refractivity contribution in [3.63, 3.8) is 0 Å². The predicted molar refractivity (Wildman–Crippen MR) is 111 cm³/mol. The number of carbonyl (C=O) groups is 1. The topological polar surface area (TPSA) is 99.4 Å². The molecule has 0 bridgehead atoms. The molecule has 0 saturated carbocycles. The highest BCUT2D eigenvalue weighted by molar-refractivity contribution is 7.99. The lowest BCUT2D eigenvalue weighted by Gasteiger charge is -2.32. The lowest BCUT2D eigenvalue weighted by Crippen LogP contribution is -2.49. The van der Waals surface area contributed by atoms with E-state index in [4.69, 9.17) is 9.47 Å². The number of hydrogen-bond acceptors (Lipinski definition) is 8. The predicted octanol–water partition coefficient (Wildman–Crippen LogP) is 1.49. The van der Waals surface area contributed by atoms with Gasteiger partial charge in [-0.1, -0.05) is 25.6 Å². The van der Waals surface area contributed by atoms with Gasteiger partial charge in [0.05, 0.1) is 13.2 Å². The van der Waals surface area contributed by atoms with E-state index in [0.717, 1.165) is 17.3 Å². The third kappa shape index (κ3) is 4.34. The number of aromatic nitrogens is 4. The van der Waals surface area contributed by atoms with Crippen LogP contribution in [0.15, 0.2) is 22.2 Å². The molecule has 1 fully saturated rings. The molecule has 2 aromatic rings. The molecule has 1 unspecified atom stereocenters. The van der Waals surface area contributed by atoms with Gasteiger partial charge in [-0.25, -0.2) is 9.97 Å². The summed E-state index contributed by atoms with van der Waals surface area (Å²) in [5.74, 6) is 1.92. The van der Waals surface area contributed by atoms with Crippen molar-refractivity contribution in [3.05, 3.63) is 39.7 Å². The van der Waals surface area contributed by atoms with E-state index < -0.39 is 0 Å². The van der Waals surface area contributed by atoms with E-state index in [1.54, 1.807) is 15.5 Å². The molecule has 9 nitrogen and oxygen atoms in total. The van der Waals surface area contributed by atoms with Gasteiger partial charge in [-0.15, -0.1) is 0 Å². The summed E-state index contributed by atoms with van der Waals surface area (Å²) >= 11 is 1.53. The highest BCUT2D eigenvalue weighted by Gasteiger charge is 2.29. The zero-order valence-corrected chi connectivity index (χ0v) is 18.1. The Morgan fingerprint density at radius 2 is 2.20 bits per heavy atom. The quantitative estimate of drug-likeness (QED) is 0.657. The minimum absolute atomic E-state index is 0.107. The average Bonchev–Trinajstić information content (AvgIpc) is 3.22. The van der Waals surface area contributed by atoms with Crippen LogP contribution in [0.25, 0.3) is 0 Å². The van der Waals surface area contributed by atoms with Crippen molar-refractivity contribution in [2.24, 2.45) is 0 Å². The highest BCUT2D eigenvalue weighted by Crippen LogP contribution is 2.21. The second kappa shape index (κ2) is 8.73. The zero-order valence-electron chi connectivity index (χ0n) is 17.3. The lowest BCUT2D eigenvalue weighted by atomic mass is 10.2. The van der Waals surface area contributed by atoms with E-state index in [1.807, 2.05) is 20.8 Å². The monoisotopic (exact) mass is 431 g/mol. The van der Waals surface area contributed by atoms with E-state index in [2.05, 4.69) is 15.0 Å². The minimum atomic E-state index is -0.312. The molecule has 30 heavy (non-hydrogen) atoms. The summed E-state index contributed by atoms with van der Waals surface area (Å²) in [6.45, 7) is 7.96. The second-order valence-electron chi connectivity index (χ2n) is 7.68. The average molecular weight is 432 g/mol. The maximum Gasteiger partial charge on any atom is 0.267 e. The molecule has 4 heterocycles. The summed E-state index contributed by atoms with van der Waals surface area (Å²) in [7, 11) is 0. The summed E-state index contributed by atoms with van der Waals surface area (Å²) < 4.78 is 13.2. The van der Waals surface area contributed by atoms with E-state index in [1.165, 1.54) is 18.0 Å². The maximum absolute atomic E-state index is 13.0. The molecule has 1 saturated heterocycles. The van der Waals surface area contributed by atoms with Crippen LogP contribution in [0.1, 0.15) is 41.6 Å². The smallest absolute Gasteiger partial charge is 0.267 e. The largest absolute Gasteiger partial charge is 0.475 e. The Hall–Kier alpha value is -2.46. The fraction of sp³-hybridized carbons (Fsp3) is 0.550. The van der Waals surface area contributed by atoms with Gasteiger partial charge in [-0.05, 0) is 6.92 Å². The Morgan fingerprint density at radius 3 is 3.00 bits per heavy atom. The summed E-state index contributed by atoms with van der Waals surface area (Å²) in [5.41, 5.74) is 0.676. The van der Waals surface area contributed by atoms with Crippen molar-refractivity contribution in [2.75, 3.05) is 32.1 Å². The Kier molecular flexibility index (Phi) is 6.05. The van der Waals surface area contributed by atoms with Gasteiger partial charge >= 0.3 is 0 Å². The first-order valence-electron chi connectivity index (χ1n) is 10.0. The van der Waals surface area contributed by atoms with Gasteiger partial charge in [0.25, 0.3) is 11.5 Å². The molecule has 0 aliphatic carbocycles. The first kappa shape index (κ1) is 20.8. The van der Waals surface area contributed by atoms with Crippen LogP contribution in [-0.2, 0) is 11.3 Å². The van der Waals surface area contributed by atoms with Crippen LogP contribution >= 0.6 is 11.8 Å². The van der Waals surface area contributed by atoms with Crippen molar-refractivity contribution in [1.29, 1.82) is 0 Å². The van der Waals surface area contributed by atoms with Crippen molar-refractivity contribution in [2.45, 2.75) is 44.5 Å². The molecule has 2 aromatic heterocycles. The number of rotatable bonds is 5. The van der Waals surface area contributed by atoms with Crippen molar-refractivity contribution in [3.8, 4) is 5.88 Å². The molecular formula is C20H25N5O4S. The third-order valence-corrected chi connectivity index (χ3v) is 5.97. The molecule has 0 spiro atoms. The lowest BCUT2D eigenvalue weighted by molar-refractivity contribution is -0.0408. The van der Waals surface area contributed by atoms with Crippen LogP contribution < -0.4 is 10.3 Å². The molecule has 0 N–H and O–H groups in total. The van der Waals surface area contributed by atoms with Crippen LogP contribution in [0, 0.1) is 6.92 Å². The summed E-state index contributed by atoms with van der Waals surface area (Å²) in [6, 6.07) is 1.78. The second-order valence-corrected chi connectivity index (χ2v) is 8.74. The minimum Gasteiger partial charge on any atom is -0.475 e. The highest BCUT2D eigenvalue weighted by atomic mass is 32.2. The number of fused-ring (bicyclic) bond motifs is 1. The summed E-state index contributed by atoms with van der Waals surface area (Å²) in [4.78, 5) is 40.4. The van der Waals surface area contributed by atoms with E-state index in [-0.39, 0.29) is 35.7 Å². The Morgan fingerprint density at radius 1 is 1.37 bits per heavy atom. The van der Waals surface area contributed by atoms with Gasteiger partial charge in [0.1, 0.15) is 24.1 Å². The fourth-order valence-corrected chi connectivity index (χ4v) is 4.33. The molecule has 10 heteroatoms. The van der Waals surface area contributed by atoms with Gasteiger partial charge < -0.3 is 14.4 Å². The standard InChI is InChI=1S/C20H25N5O4S/c1-12(2)17-22-13(3)8-16(23-17)29-11-14-10-24(4-6-28-14)18(26)15-9-21-20-25(19(15)27)5-7-30-20/h8-9,12,14H,4-7,10-11H2,1-3H3. The first-order chi connectivity index (χ1) is 14.4. The Labute approximate surface area is 178 Å². The third-order valence-electron chi connectivity index (χ3n) is 4.99. The maximum atomic E-state index is 13.0. The molecule has 2 aliphatic rings. The first-order valence-corrected chi connectivity index (χ1v) is 11.0. The SMILES string of the molecule is Cc1cc(OCC2CN(C(=O)c3cnc4n(c3=O)CCS4)CCO2)nc(C(C)C)n1. The van der Waals surface area contributed by atoms with Gasteiger partial charge in [0.15, 0.2) is 5.16 Å². The van der Waals surface area contributed by atoms with Gasteiger partial charge in [0, 0.05) is 42.7 Å². The molecule has 4 rings (SSSR count). The van der Waals surface area contributed by atoms with Crippen LogP contribution in [0.5, 0.6) is 5.88 Å². The van der Waals surface area contributed by atoms with Crippen molar-refractivity contribution >= 4 is 17.7 Å². The molecular weight excluding hydrogens is 406 g/mol. The number of nitrogens with zero attached hydrogens (tertiary/aromatic N) is 5. The molecule has 160 valence electrons. The molecule has 0 aromatic carbocycles. The normalized spacial score (nSPS) is 18.5. The number of thioether (sulfide) groups is 1. The van der Waals surface area contributed by atoms with E-state index in [0.29, 0.717) is 37.3 Å². The zero-order chi connectivity index (χ0) is 21.3. The van der Waals surface area contributed by atoms with Crippen LogP contribution in [-0.4, -0.2) is 68.5 Å². The molecule has 1 atom stereocenters. The molecule has 0 radical (unpaired) electrons. The summed E-state index contributed by atoms with van der Waals surface area (Å²) in [5, 5.41) is 0.672. The van der Waals surface area contributed by atoms with Crippen LogP contribution in [0.3, 0.4) is 0 Å². The van der Waals surface area contributed by atoms with Crippen LogP contribution in [0.4, 0.5) is 0 Å². The molecule has 2 aliphatic heterocycles. The number of hydrogen-bond donors (Lipinski definition) is 0. The Bertz CT molecular complexity index is 1010. The van der Waals surface area contributed by atoms with Crippen molar-refractivity contribution < 1.29 is 14.3 Å². The number of ether oxygens (including phenoxy) is 2. The van der Waals surface area contributed by atoms with Gasteiger partial charge in [-0.2, -0.15) is 4.98 Å².